The number of rotatable bonds is 6. The van der Waals surface area contributed by atoms with Crippen molar-refractivity contribution >= 4 is 20.7 Å². The number of hydrogen-bond donors (Lipinski definition) is 0. The molecule has 1 aliphatic carbocycles. The van der Waals surface area contributed by atoms with Crippen molar-refractivity contribution < 1.29 is 13.2 Å². The highest BCUT2D eigenvalue weighted by Crippen LogP contribution is 2.29. The van der Waals surface area contributed by atoms with E-state index in [2.05, 4.69) is 9.88 Å². The van der Waals surface area contributed by atoms with Gasteiger partial charge < -0.3 is 14.2 Å². The first-order chi connectivity index (χ1) is 15.0. The molecule has 6 nitrogen and oxygen atoms in total. The molecule has 2 aromatic heterocycles. The highest BCUT2D eigenvalue weighted by atomic mass is 32.2. The van der Waals surface area contributed by atoms with E-state index in [4.69, 9.17) is 4.74 Å². The standard InChI is InChI=1S/C24H29N3O3S/c1-31(28,29)22-6-7-23-19(15-22)9-14-27(23)24-8-5-21(16-25-24)30-20-10-12-26(13-11-20)17-18-3-2-4-18/h5-9,14-16,18,20H,2-4,10-13,17H2,1H3. The van der Waals surface area contributed by atoms with Crippen molar-refractivity contribution in [2.24, 2.45) is 5.92 Å². The first-order valence-electron chi connectivity index (χ1n) is 11.1. The minimum Gasteiger partial charge on any atom is -0.489 e. The summed E-state index contributed by atoms with van der Waals surface area (Å²) in [6, 6.07) is 11.0. The molecule has 0 bridgehead atoms. The Morgan fingerprint density at radius 2 is 1.87 bits per heavy atom. The van der Waals surface area contributed by atoms with E-state index >= 15 is 0 Å². The molecule has 0 amide bonds. The van der Waals surface area contributed by atoms with Gasteiger partial charge in [0.2, 0.25) is 0 Å². The summed E-state index contributed by atoms with van der Waals surface area (Å²) in [5, 5.41) is 0.874. The highest BCUT2D eigenvalue weighted by molar-refractivity contribution is 7.90. The molecule has 1 aromatic carbocycles. The monoisotopic (exact) mass is 439 g/mol. The average molecular weight is 440 g/mol. The number of ether oxygens (including phenoxy) is 1. The zero-order chi connectivity index (χ0) is 21.4. The molecule has 0 atom stereocenters. The molecule has 164 valence electrons. The van der Waals surface area contributed by atoms with E-state index in [1.54, 1.807) is 18.3 Å². The fraction of sp³-hybridized carbons (Fsp3) is 0.458. The molecule has 0 N–H and O–H groups in total. The molecule has 3 heterocycles. The molecular weight excluding hydrogens is 410 g/mol. The lowest BCUT2D eigenvalue weighted by Crippen LogP contribution is -2.41. The molecule has 1 saturated heterocycles. The van der Waals surface area contributed by atoms with Crippen molar-refractivity contribution in [3.05, 3.63) is 48.8 Å². The molecule has 3 aromatic rings. The Morgan fingerprint density at radius 3 is 2.52 bits per heavy atom. The van der Waals surface area contributed by atoms with E-state index in [0.717, 1.165) is 54.3 Å². The highest BCUT2D eigenvalue weighted by Gasteiger charge is 2.25. The van der Waals surface area contributed by atoms with Gasteiger partial charge in [-0.1, -0.05) is 6.42 Å². The van der Waals surface area contributed by atoms with E-state index in [9.17, 15) is 8.42 Å². The van der Waals surface area contributed by atoms with Gasteiger partial charge in [-0.25, -0.2) is 13.4 Å². The topological polar surface area (TPSA) is 64.4 Å². The zero-order valence-electron chi connectivity index (χ0n) is 17.9. The average Bonchev–Trinajstić information content (AvgIpc) is 3.15. The molecule has 0 unspecified atom stereocenters. The smallest absolute Gasteiger partial charge is 0.175 e. The van der Waals surface area contributed by atoms with Gasteiger partial charge in [-0.2, -0.15) is 0 Å². The van der Waals surface area contributed by atoms with Crippen LogP contribution in [0, 0.1) is 5.92 Å². The maximum Gasteiger partial charge on any atom is 0.175 e. The lowest BCUT2D eigenvalue weighted by molar-refractivity contribution is 0.0802. The Labute approximate surface area is 183 Å². The van der Waals surface area contributed by atoms with Crippen LogP contribution in [0.4, 0.5) is 0 Å². The van der Waals surface area contributed by atoms with E-state index < -0.39 is 9.84 Å². The SMILES string of the molecule is CS(=O)(=O)c1ccc2c(ccn2-c2ccc(OC3CCN(CC4CCC4)CC3)cn2)c1. The number of piperidine rings is 1. The van der Waals surface area contributed by atoms with Gasteiger partial charge in [0.05, 0.1) is 16.6 Å². The van der Waals surface area contributed by atoms with E-state index in [0.29, 0.717) is 4.90 Å². The van der Waals surface area contributed by atoms with Crippen LogP contribution in [0.5, 0.6) is 5.75 Å². The van der Waals surface area contributed by atoms with Crippen LogP contribution < -0.4 is 4.74 Å². The van der Waals surface area contributed by atoms with Crippen LogP contribution in [-0.2, 0) is 9.84 Å². The van der Waals surface area contributed by atoms with Gasteiger partial charge >= 0.3 is 0 Å². The summed E-state index contributed by atoms with van der Waals surface area (Å²) in [6.45, 7) is 3.51. The van der Waals surface area contributed by atoms with Crippen molar-refractivity contribution in [2.45, 2.75) is 43.1 Å². The van der Waals surface area contributed by atoms with Crippen LogP contribution in [0.3, 0.4) is 0 Å². The number of benzene rings is 1. The summed E-state index contributed by atoms with van der Waals surface area (Å²) in [6.07, 6.45) is 11.5. The first-order valence-corrected chi connectivity index (χ1v) is 13.0. The number of pyridine rings is 1. The molecule has 2 fully saturated rings. The Bertz CT molecular complexity index is 1160. The molecule has 0 radical (unpaired) electrons. The molecule has 2 aliphatic rings. The van der Waals surface area contributed by atoms with Crippen molar-refractivity contribution in [3.8, 4) is 11.6 Å². The van der Waals surface area contributed by atoms with Crippen LogP contribution in [0.25, 0.3) is 16.7 Å². The summed E-state index contributed by atoms with van der Waals surface area (Å²) < 4.78 is 31.8. The van der Waals surface area contributed by atoms with Gasteiger partial charge in [0.1, 0.15) is 17.7 Å². The summed E-state index contributed by atoms with van der Waals surface area (Å²) in [5.41, 5.74) is 0.924. The summed E-state index contributed by atoms with van der Waals surface area (Å²) in [4.78, 5) is 7.51. The van der Waals surface area contributed by atoms with Crippen molar-refractivity contribution in [2.75, 3.05) is 25.9 Å². The lowest BCUT2D eigenvalue weighted by Gasteiger charge is -2.36. The summed E-state index contributed by atoms with van der Waals surface area (Å²) >= 11 is 0. The maximum atomic E-state index is 11.8. The second-order valence-electron chi connectivity index (χ2n) is 8.95. The summed E-state index contributed by atoms with van der Waals surface area (Å²) in [5.74, 6) is 2.51. The normalized spacial score (nSPS) is 18.9. The van der Waals surface area contributed by atoms with E-state index in [1.807, 2.05) is 35.0 Å². The molecular formula is C24H29N3O3S. The quantitative estimate of drug-likeness (QED) is 0.579. The molecule has 1 aliphatic heterocycles. The second kappa shape index (κ2) is 8.28. The third kappa shape index (κ3) is 4.48. The van der Waals surface area contributed by atoms with E-state index in [-0.39, 0.29) is 6.10 Å². The van der Waals surface area contributed by atoms with Gasteiger partial charge in [-0.15, -0.1) is 0 Å². The first kappa shape index (κ1) is 20.5. The van der Waals surface area contributed by atoms with Crippen LogP contribution >= 0.6 is 0 Å². The molecule has 0 spiro atoms. The molecule has 5 rings (SSSR count). The number of hydrogen-bond acceptors (Lipinski definition) is 5. The minimum absolute atomic E-state index is 0.257. The number of likely N-dealkylation sites (tertiary alicyclic amines) is 1. The molecule has 1 saturated carbocycles. The molecule has 31 heavy (non-hydrogen) atoms. The zero-order valence-corrected chi connectivity index (χ0v) is 18.7. The predicted octanol–water partition coefficient (Wildman–Crippen LogP) is 4.07. The fourth-order valence-corrected chi connectivity index (χ4v) is 5.23. The van der Waals surface area contributed by atoms with Gasteiger partial charge in [-0.3, -0.25) is 0 Å². The van der Waals surface area contributed by atoms with Crippen molar-refractivity contribution in [1.82, 2.24) is 14.5 Å². The van der Waals surface area contributed by atoms with Crippen LogP contribution in [-0.4, -0.2) is 54.9 Å². The Hall–Kier alpha value is -2.38. The molecule has 7 heteroatoms. The number of nitrogens with zero attached hydrogens (tertiary/aromatic N) is 3. The third-order valence-electron chi connectivity index (χ3n) is 6.64. The predicted molar refractivity (Wildman–Crippen MR) is 122 cm³/mol. The van der Waals surface area contributed by atoms with Crippen molar-refractivity contribution in [1.29, 1.82) is 0 Å². The van der Waals surface area contributed by atoms with E-state index in [1.165, 1.54) is 32.1 Å². The van der Waals surface area contributed by atoms with Crippen LogP contribution in [0.1, 0.15) is 32.1 Å². The number of sulfone groups is 1. The van der Waals surface area contributed by atoms with Gasteiger partial charge in [0.25, 0.3) is 0 Å². The maximum absolute atomic E-state index is 11.8. The number of aromatic nitrogens is 2. The van der Waals surface area contributed by atoms with Gasteiger partial charge in [0, 0.05) is 37.5 Å². The van der Waals surface area contributed by atoms with Gasteiger partial charge in [-0.05, 0) is 68.0 Å². The Balaban J connectivity index is 1.23. The number of fused-ring (bicyclic) bond motifs is 1. The van der Waals surface area contributed by atoms with Crippen LogP contribution in [0.2, 0.25) is 0 Å². The lowest BCUT2D eigenvalue weighted by atomic mass is 9.85. The largest absolute Gasteiger partial charge is 0.489 e. The Kier molecular flexibility index (Phi) is 5.48. The fourth-order valence-electron chi connectivity index (χ4n) is 4.58. The second-order valence-corrected chi connectivity index (χ2v) is 11.0. The summed E-state index contributed by atoms with van der Waals surface area (Å²) in [7, 11) is -3.22. The Morgan fingerprint density at radius 1 is 1.06 bits per heavy atom. The van der Waals surface area contributed by atoms with Gasteiger partial charge in [0.15, 0.2) is 9.84 Å². The van der Waals surface area contributed by atoms with Crippen LogP contribution in [0.15, 0.2) is 53.7 Å². The third-order valence-corrected chi connectivity index (χ3v) is 7.75. The minimum atomic E-state index is -3.22. The van der Waals surface area contributed by atoms with Crippen molar-refractivity contribution in [3.63, 3.8) is 0 Å².